The fourth-order valence-electron chi connectivity index (χ4n) is 1.71. The summed E-state index contributed by atoms with van der Waals surface area (Å²) < 4.78 is 0.753. The van der Waals surface area contributed by atoms with Gasteiger partial charge in [-0.1, -0.05) is 11.6 Å². The first-order valence-electron chi connectivity index (χ1n) is 5.63. The van der Waals surface area contributed by atoms with E-state index in [-0.39, 0.29) is 11.7 Å². The maximum absolute atomic E-state index is 11.6. The summed E-state index contributed by atoms with van der Waals surface area (Å²) >= 11 is 7.39. The van der Waals surface area contributed by atoms with Crippen molar-refractivity contribution < 1.29 is 4.79 Å². The Bertz CT molecular complexity index is 373. The number of thiophene rings is 1. The van der Waals surface area contributed by atoms with E-state index in [1.165, 1.54) is 24.2 Å². The lowest BCUT2D eigenvalue weighted by molar-refractivity contribution is -0.118. The fraction of sp³-hybridized carbons (Fsp3) is 0.583. The molecular weight excluding hydrogens is 242 g/mol. The molecule has 0 amide bonds. The Morgan fingerprint density at radius 1 is 1.62 bits per heavy atom. The summed E-state index contributed by atoms with van der Waals surface area (Å²) in [5, 5.41) is 3.38. The number of Topliss-reactive ketones (excluding diaryl/α,β-unsaturated/α-hetero) is 1. The third kappa shape index (κ3) is 3.30. The molecule has 1 aromatic rings. The second-order valence-corrected chi connectivity index (χ2v) is 6.15. The van der Waals surface area contributed by atoms with E-state index < -0.39 is 0 Å². The van der Waals surface area contributed by atoms with Crippen LogP contribution in [0.25, 0.3) is 0 Å². The first-order valence-corrected chi connectivity index (χ1v) is 6.82. The first kappa shape index (κ1) is 12.1. The van der Waals surface area contributed by atoms with Crippen LogP contribution in [0.4, 0.5) is 0 Å². The van der Waals surface area contributed by atoms with Crippen LogP contribution in [0.1, 0.15) is 30.6 Å². The zero-order valence-electron chi connectivity index (χ0n) is 9.33. The number of halogens is 1. The van der Waals surface area contributed by atoms with E-state index in [4.69, 9.17) is 11.6 Å². The molecular formula is C12H16ClNOS. The Kier molecular flexibility index (Phi) is 4.00. The molecule has 1 N–H and O–H groups in total. The van der Waals surface area contributed by atoms with Crippen molar-refractivity contribution in [3.8, 4) is 0 Å². The molecule has 2 rings (SSSR count). The number of carbonyl (C=O) groups excluding carboxylic acids is 1. The van der Waals surface area contributed by atoms with E-state index in [0.29, 0.717) is 0 Å². The van der Waals surface area contributed by atoms with E-state index in [1.54, 1.807) is 6.92 Å². The topological polar surface area (TPSA) is 29.1 Å². The molecule has 88 valence electrons. The molecule has 0 spiro atoms. The van der Waals surface area contributed by atoms with Crippen LogP contribution in [0.5, 0.6) is 0 Å². The summed E-state index contributed by atoms with van der Waals surface area (Å²) in [6, 6.07) is 3.82. The van der Waals surface area contributed by atoms with Gasteiger partial charge in [0.15, 0.2) is 0 Å². The van der Waals surface area contributed by atoms with Crippen molar-refractivity contribution in [3.05, 3.63) is 21.3 Å². The normalized spacial score (nSPS) is 17.4. The zero-order chi connectivity index (χ0) is 11.5. The lowest BCUT2D eigenvalue weighted by atomic mass is 10.0. The molecule has 1 heterocycles. The summed E-state index contributed by atoms with van der Waals surface area (Å²) in [5.41, 5.74) is 0. The molecule has 1 fully saturated rings. The fourth-order valence-corrected chi connectivity index (χ4v) is 2.93. The van der Waals surface area contributed by atoms with E-state index in [9.17, 15) is 4.79 Å². The molecule has 1 atom stereocenters. The largest absolute Gasteiger partial charge is 0.315 e. The summed E-state index contributed by atoms with van der Waals surface area (Å²) in [4.78, 5) is 12.6. The average molecular weight is 258 g/mol. The Labute approximate surface area is 105 Å². The van der Waals surface area contributed by atoms with Crippen molar-refractivity contribution in [2.24, 2.45) is 5.92 Å². The van der Waals surface area contributed by atoms with Crippen LogP contribution in [0.15, 0.2) is 12.1 Å². The van der Waals surface area contributed by atoms with Crippen LogP contribution < -0.4 is 5.32 Å². The van der Waals surface area contributed by atoms with E-state index in [0.717, 1.165) is 28.2 Å². The van der Waals surface area contributed by atoms with Crippen LogP contribution in [0, 0.1) is 5.92 Å². The smallest absolute Gasteiger partial charge is 0.139 e. The number of nitrogens with one attached hydrogen (secondary N) is 1. The monoisotopic (exact) mass is 257 g/mol. The first-order chi connectivity index (χ1) is 7.66. The van der Waals surface area contributed by atoms with Gasteiger partial charge in [-0.3, -0.25) is 4.79 Å². The molecule has 0 saturated heterocycles. The van der Waals surface area contributed by atoms with E-state index >= 15 is 0 Å². The van der Waals surface area contributed by atoms with Gasteiger partial charge < -0.3 is 5.32 Å². The van der Waals surface area contributed by atoms with E-state index in [2.05, 4.69) is 5.32 Å². The van der Waals surface area contributed by atoms with Gasteiger partial charge in [0.1, 0.15) is 5.78 Å². The zero-order valence-corrected chi connectivity index (χ0v) is 10.9. The van der Waals surface area contributed by atoms with Gasteiger partial charge in [0.05, 0.1) is 10.3 Å². The van der Waals surface area contributed by atoms with Crippen molar-refractivity contribution in [1.82, 2.24) is 5.32 Å². The highest BCUT2D eigenvalue weighted by molar-refractivity contribution is 7.16. The van der Waals surface area contributed by atoms with Gasteiger partial charge in [-0.15, -0.1) is 11.3 Å². The molecule has 1 aliphatic carbocycles. The minimum absolute atomic E-state index is 0.0313. The third-order valence-electron chi connectivity index (χ3n) is 2.91. The predicted molar refractivity (Wildman–Crippen MR) is 68.3 cm³/mol. The summed E-state index contributed by atoms with van der Waals surface area (Å²) in [6.07, 6.45) is 2.67. The summed E-state index contributed by atoms with van der Waals surface area (Å²) in [6.45, 7) is 3.43. The number of ketones is 1. The molecule has 0 aliphatic heterocycles. The highest BCUT2D eigenvalue weighted by atomic mass is 35.5. The summed E-state index contributed by atoms with van der Waals surface area (Å²) in [5.74, 6) is 1.03. The Balaban J connectivity index is 1.90. The van der Waals surface area contributed by atoms with Crippen molar-refractivity contribution in [2.75, 3.05) is 13.1 Å². The van der Waals surface area contributed by atoms with Gasteiger partial charge in [0.2, 0.25) is 0 Å². The van der Waals surface area contributed by atoms with Gasteiger partial charge in [-0.25, -0.2) is 0 Å². The van der Waals surface area contributed by atoms with Crippen LogP contribution in [-0.2, 0) is 4.79 Å². The minimum atomic E-state index is -0.0313. The molecule has 0 aromatic carbocycles. The molecule has 16 heavy (non-hydrogen) atoms. The Morgan fingerprint density at radius 2 is 2.38 bits per heavy atom. The Hall–Kier alpha value is -0.380. The summed E-state index contributed by atoms with van der Waals surface area (Å²) in [7, 11) is 0. The number of rotatable bonds is 6. The van der Waals surface area contributed by atoms with Crippen molar-refractivity contribution in [1.29, 1.82) is 0 Å². The Morgan fingerprint density at radius 3 is 2.88 bits per heavy atom. The van der Waals surface area contributed by atoms with E-state index in [1.807, 2.05) is 12.1 Å². The van der Waals surface area contributed by atoms with Crippen LogP contribution in [-0.4, -0.2) is 18.9 Å². The third-order valence-corrected chi connectivity index (χ3v) is 4.25. The number of hydrogen-bond donors (Lipinski definition) is 1. The second-order valence-electron chi connectivity index (χ2n) is 4.41. The quantitative estimate of drug-likeness (QED) is 0.849. The van der Waals surface area contributed by atoms with Gasteiger partial charge in [-0.2, -0.15) is 0 Å². The number of hydrogen-bond acceptors (Lipinski definition) is 3. The van der Waals surface area contributed by atoms with Crippen LogP contribution >= 0.6 is 22.9 Å². The van der Waals surface area contributed by atoms with Gasteiger partial charge in [-0.05, 0) is 44.4 Å². The maximum atomic E-state index is 11.6. The standard InChI is InChI=1S/C12H16ClNOS/c1-8(15)10(7-14-6-9-2-3-9)11-4-5-12(13)16-11/h4-5,9-10,14H,2-3,6-7H2,1H3/t10-/m0/s1. The SMILES string of the molecule is CC(=O)[C@H](CNCC1CC1)c1ccc(Cl)s1. The molecule has 2 nitrogen and oxygen atoms in total. The maximum Gasteiger partial charge on any atom is 0.139 e. The number of carbonyl (C=O) groups is 1. The highest BCUT2D eigenvalue weighted by Crippen LogP contribution is 2.30. The molecule has 0 unspecified atom stereocenters. The van der Waals surface area contributed by atoms with Gasteiger partial charge in [0.25, 0.3) is 0 Å². The molecule has 1 aromatic heterocycles. The van der Waals surface area contributed by atoms with Gasteiger partial charge in [0, 0.05) is 11.4 Å². The molecule has 1 aliphatic rings. The second kappa shape index (κ2) is 5.30. The highest BCUT2D eigenvalue weighted by Gasteiger charge is 2.23. The van der Waals surface area contributed by atoms with Crippen molar-refractivity contribution in [3.63, 3.8) is 0 Å². The predicted octanol–water partition coefficient (Wildman–Crippen LogP) is 3.07. The lowest BCUT2D eigenvalue weighted by Crippen LogP contribution is -2.26. The van der Waals surface area contributed by atoms with Crippen LogP contribution in [0.3, 0.4) is 0 Å². The lowest BCUT2D eigenvalue weighted by Gasteiger charge is -2.12. The average Bonchev–Trinajstić information content (AvgIpc) is 2.95. The van der Waals surface area contributed by atoms with Gasteiger partial charge >= 0.3 is 0 Å². The molecule has 0 radical (unpaired) electrons. The molecule has 0 bridgehead atoms. The molecule has 1 saturated carbocycles. The molecule has 4 heteroatoms. The van der Waals surface area contributed by atoms with Crippen LogP contribution in [0.2, 0.25) is 4.34 Å². The minimum Gasteiger partial charge on any atom is -0.315 e. The van der Waals surface area contributed by atoms with Crippen molar-refractivity contribution >= 4 is 28.7 Å². The van der Waals surface area contributed by atoms with Crippen molar-refractivity contribution in [2.45, 2.75) is 25.7 Å².